The lowest BCUT2D eigenvalue weighted by atomic mass is 9.97. The van der Waals surface area contributed by atoms with Crippen LogP contribution < -0.4 is 10.1 Å². The molecule has 4 nitrogen and oxygen atoms in total. The van der Waals surface area contributed by atoms with Crippen LogP contribution in [-0.4, -0.2) is 9.97 Å². The SMILES string of the molecule is C1=Cc2cccc(-c3cccc4c3[nH]c3c(-c5cccc(Oc6ccccn6)c5)cccc34)c2Nc2ccccc21. The Bertz CT molecular complexity index is 2110. The van der Waals surface area contributed by atoms with Gasteiger partial charge < -0.3 is 15.0 Å². The third kappa shape index (κ3) is 4.05. The van der Waals surface area contributed by atoms with Crippen LogP contribution in [-0.2, 0) is 0 Å². The zero-order valence-electron chi connectivity index (χ0n) is 22.1. The van der Waals surface area contributed by atoms with E-state index in [1.807, 2.05) is 30.3 Å². The number of para-hydroxylation sites is 4. The molecule has 2 aromatic heterocycles. The molecule has 7 aromatic rings. The highest BCUT2D eigenvalue weighted by Crippen LogP contribution is 2.42. The van der Waals surface area contributed by atoms with Gasteiger partial charge >= 0.3 is 0 Å². The summed E-state index contributed by atoms with van der Waals surface area (Å²) in [5, 5.41) is 6.12. The Balaban J connectivity index is 1.27. The summed E-state index contributed by atoms with van der Waals surface area (Å²) in [4.78, 5) is 8.13. The number of nitrogens with zero attached hydrogens (tertiary/aromatic N) is 1. The van der Waals surface area contributed by atoms with E-state index in [1.54, 1.807) is 6.20 Å². The van der Waals surface area contributed by atoms with Crippen molar-refractivity contribution in [2.24, 2.45) is 0 Å². The molecule has 1 aliphatic heterocycles. The van der Waals surface area contributed by atoms with Gasteiger partial charge in [-0.2, -0.15) is 0 Å². The number of nitrogens with one attached hydrogen (secondary N) is 2. The lowest BCUT2D eigenvalue weighted by Gasteiger charge is -2.15. The Morgan fingerprint density at radius 2 is 1.27 bits per heavy atom. The number of ether oxygens (including phenoxy) is 1. The highest BCUT2D eigenvalue weighted by atomic mass is 16.5. The summed E-state index contributed by atoms with van der Waals surface area (Å²) in [5.41, 5.74) is 11.3. The molecule has 0 amide bonds. The fourth-order valence-corrected chi connectivity index (χ4v) is 5.81. The van der Waals surface area contributed by atoms with Gasteiger partial charge in [0.25, 0.3) is 0 Å². The molecule has 2 N–H and O–H groups in total. The smallest absolute Gasteiger partial charge is 0.219 e. The molecule has 1 aliphatic rings. The average Bonchev–Trinajstić information content (AvgIpc) is 3.30. The van der Waals surface area contributed by atoms with E-state index in [2.05, 4.69) is 118 Å². The van der Waals surface area contributed by atoms with Crippen LogP contribution in [0, 0.1) is 0 Å². The largest absolute Gasteiger partial charge is 0.439 e. The average molecular weight is 528 g/mol. The monoisotopic (exact) mass is 527 g/mol. The van der Waals surface area contributed by atoms with Crippen LogP contribution in [0.4, 0.5) is 11.4 Å². The molecular weight excluding hydrogens is 502 g/mol. The zero-order valence-corrected chi connectivity index (χ0v) is 22.1. The Labute approximate surface area is 237 Å². The first-order valence-corrected chi connectivity index (χ1v) is 13.7. The molecule has 0 spiro atoms. The molecule has 194 valence electrons. The van der Waals surface area contributed by atoms with Crippen molar-refractivity contribution < 1.29 is 4.74 Å². The molecule has 0 saturated carbocycles. The number of rotatable bonds is 4. The Morgan fingerprint density at radius 3 is 2.15 bits per heavy atom. The summed E-state index contributed by atoms with van der Waals surface area (Å²) in [6.45, 7) is 0. The van der Waals surface area contributed by atoms with Crippen molar-refractivity contribution in [1.82, 2.24) is 9.97 Å². The molecule has 41 heavy (non-hydrogen) atoms. The highest BCUT2D eigenvalue weighted by Gasteiger charge is 2.18. The molecule has 0 radical (unpaired) electrons. The van der Waals surface area contributed by atoms with Gasteiger partial charge in [0.2, 0.25) is 5.88 Å². The summed E-state index contributed by atoms with van der Waals surface area (Å²) in [7, 11) is 0. The van der Waals surface area contributed by atoms with E-state index < -0.39 is 0 Å². The van der Waals surface area contributed by atoms with Gasteiger partial charge in [0.1, 0.15) is 5.75 Å². The van der Waals surface area contributed by atoms with E-state index in [0.29, 0.717) is 5.88 Å². The molecule has 0 unspecified atom stereocenters. The van der Waals surface area contributed by atoms with Gasteiger partial charge in [-0.1, -0.05) is 103 Å². The Morgan fingerprint density at radius 1 is 0.561 bits per heavy atom. The second-order valence-corrected chi connectivity index (χ2v) is 10.2. The summed E-state index contributed by atoms with van der Waals surface area (Å²) in [6, 6.07) is 41.8. The summed E-state index contributed by atoms with van der Waals surface area (Å²) < 4.78 is 6.04. The molecule has 4 heteroatoms. The third-order valence-corrected chi connectivity index (χ3v) is 7.72. The van der Waals surface area contributed by atoms with Crippen LogP contribution in [0.1, 0.15) is 11.1 Å². The Hall–Kier alpha value is -5.61. The zero-order chi connectivity index (χ0) is 27.2. The molecule has 3 heterocycles. The van der Waals surface area contributed by atoms with E-state index in [0.717, 1.165) is 56.0 Å². The maximum atomic E-state index is 6.04. The van der Waals surface area contributed by atoms with Crippen LogP contribution in [0.5, 0.6) is 11.6 Å². The van der Waals surface area contributed by atoms with Gasteiger partial charge in [-0.05, 0) is 41.0 Å². The summed E-state index contributed by atoms with van der Waals surface area (Å²) in [6.07, 6.45) is 6.11. The molecule has 0 saturated heterocycles. The first-order valence-electron chi connectivity index (χ1n) is 13.7. The number of aromatic amines is 1. The predicted octanol–water partition coefficient (Wildman–Crippen LogP) is 10.1. The normalized spacial score (nSPS) is 12.0. The van der Waals surface area contributed by atoms with Gasteiger partial charge in [0.05, 0.1) is 16.7 Å². The van der Waals surface area contributed by atoms with Crippen molar-refractivity contribution in [1.29, 1.82) is 0 Å². The molecule has 0 bridgehead atoms. The lowest BCUT2D eigenvalue weighted by Crippen LogP contribution is -1.96. The number of fused-ring (bicyclic) bond motifs is 5. The van der Waals surface area contributed by atoms with Crippen LogP contribution in [0.25, 0.3) is 56.2 Å². The first-order chi connectivity index (χ1) is 20.3. The van der Waals surface area contributed by atoms with E-state index in [1.165, 1.54) is 16.3 Å². The Kier molecular flexibility index (Phi) is 5.42. The number of benzene rings is 5. The second kappa shape index (κ2) is 9.54. The molecular formula is C37H25N3O. The maximum absolute atomic E-state index is 6.04. The van der Waals surface area contributed by atoms with Gasteiger partial charge in [0.15, 0.2) is 0 Å². The molecule has 0 fully saturated rings. The first kappa shape index (κ1) is 23.3. The van der Waals surface area contributed by atoms with E-state index >= 15 is 0 Å². The molecule has 5 aromatic carbocycles. The third-order valence-electron chi connectivity index (χ3n) is 7.72. The maximum Gasteiger partial charge on any atom is 0.219 e. The van der Waals surface area contributed by atoms with Crippen LogP contribution in [0.2, 0.25) is 0 Å². The molecule has 0 aliphatic carbocycles. The van der Waals surface area contributed by atoms with E-state index in [4.69, 9.17) is 4.74 Å². The highest BCUT2D eigenvalue weighted by molar-refractivity contribution is 6.16. The second-order valence-electron chi connectivity index (χ2n) is 10.2. The van der Waals surface area contributed by atoms with Crippen molar-refractivity contribution in [3.63, 3.8) is 0 Å². The standard InChI is InChI=1S/C37H25N3O/c1-2-18-33-24(9-1)20-21-25-10-6-14-29(35(25)39-33)30-16-8-17-32-31-15-7-13-28(36(31)40-37(30)32)26-11-5-12-27(23-26)41-34-19-3-4-22-38-34/h1-23,39-40H. The number of H-pyrrole nitrogens is 1. The number of anilines is 2. The number of hydrogen-bond acceptors (Lipinski definition) is 3. The fourth-order valence-electron chi connectivity index (χ4n) is 5.81. The van der Waals surface area contributed by atoms with Crippen molar-refractivity contribution in [3.8, 4) is 33.9 Å². The van der Waals surface area contributed by atoms with Crippen molar-refractivity contribution >= 4 is 45.3 Å². The molecule has 0 atom stereocenters. The fraction of sp³-hybridized carbons (Fsp3) is 0. The summed E-state index contributed by atoms with van der Waals surface area (Å²) >= 11 is 0. The van der Waals surface area contributed by atoms with E-state index in [-0.39, 0.29) is 0 Å². The summed E-state index contributed by atoms with van der Waals surface area (Å²) in [5.74, 6) is 1.33. The number of pyridine rings is 1. The van der Waals surface area contributed by atoms with Crippen molar-refractivity contribution in [2.45, 2.75) is 0 Å². The van der Waals surface area contributed by atoms with E-state index in [9.17, 15) is 0 Å². The van der Waals surface area contributed by atoms with Gasteiger partial charge in [-0.3, -0.25) is 0 Å². The topological polar surface area (TPSA) is 49.9 Å². The van der Waals surface area contributed by atoms with Crippen LogP contribution >= 0.6 is 0 Å². The van der Waals surface area contributed by atoms with Crippen LogP contribution in [0.3, 0.4) is 0 Å². The van der Waals surface area contributed by atoms with Crippen molar-refractivity contribution in [2.75, 3.05) is 5.32 Å². The number of aromatic nitrogens is 2. The van der Waals surface area contributed by atoms with Gasteiger partial charge in [0, 0.05) is 45.4 Å². The quantitative estimate of drug-likeness (QED) is 0.239. The van der Waals surface area contributed by atoms with Crippen molar-refractivity contribution in [3.05, 3.63) is 139 Å². The van der Waals surface area contributed by atoms with Crippen LogP contribution in [0.15, 0.2) is 128 Å². The minimum atomic E-state index is 0.575. The van der Waals surface area contributed by atoms with Gasteiger partial charge in [-0.25, -0.2) is 4.98 Å². The lowest BCUT2D eigenvalue weighted by molar-refractivity contribution is 0.463. The number of hydrogen-bond donors (Lipinski definition) is 2. The molecule has 8 rings (SSSR count). The van der Waals surface area contributed by atoms with Gasteiger partial charge in [-0.15, -0.1) is 0 Å². The minimum absolute atomic E-state index is 0.575. The minimum Gasteiger partial charge on any atom is -0.439 e. The predicted molar refractivity (Wildman–Crippen MR) is 170 cm³/mol.